The molecule has 0 spiro atoms. The van der Waals surface area contributed by atoms with E-state index in [0.29, 0.717) is 11.1 Å². The average molecular weight is 330 g/mol. The largest absolute Gasteiger partial charge is 0.322 e. The third-order valence-corrected chi connectivity index (χ3v) is 3.75. The van der Waals surface area contributed by atoms with Crippen molar-refractivity contribution in [2.45, 2.75) is 6.92 Å². The number of nitrogens with one attached hydrogen (secondary N) is 2. The van der Waals surface area contributed by atoms with E-state index in [4.69, 9.17) is 0 Å². The molecule has 2 amide bonds. The van der Waals surface area contributed by atoms with Crippen LogP contribution in [0.5, 0.6) is 0 Å². The number of benzene rings is 3. The second-order valence-corrected chi connectivity index (χ2v) is 5.72. The third-order valence-electron chi connectivity index (χ3n) is 3.75. The van der Waals surface area contributed by atoms with Gasteiger partial charge in [0, 0.05) is 22.5 Å². The zero-order valence-corrected chi connectivity index (χ0v) is 13.8. The van der Waals surface area contributed by atoms with Gasteiger partial charge in [0.1, 0.15) is 0 Å². The molecular formula is C21H18N2O2. The fraction of sp³-hybridized carbons (Fsp3) is 0.0476. The standard InChI is InChI=1S/C21H18N2O2/c1-15-7-13-19(14-8-15)23-21(25)17-11-9-16(10-12-17)20(24)22-18-5-3-2-4-6-18/h2-14H,1H3,(H,22,24)(H,23,25). The van der Waals surface area contributed by atoms with Crippen molar-refractivity contribution < 1.29 is 9.59 Å². The van der Waals surface area contributed by atoms with Crippen molar-refractivity contribution >= 4 is 23.2 Å². The van der Waals surface area contributed by atoms with Gasteiger partial charge in [0.15, 0.2) is 0 Å². The van der Waals surface area contributed by atoms with Crippen molar-refractivity contribution in [2.24, 2.45) is 0 Å². The van der Waals surface area contributed by atoms with Gasteiger partial charge in [-0.1, -0.05) is 35.9 Å². The summed E-state index contributed by atoms with van der Waals surface area (Å²) in [5, 5.41) is 5.65. The number of para-hydroxylation sites is 1. The Balaban J connectivity index is 1.66. The summed E-state index contributed by atoms with van der Waals surface area (Å²) in [6, 6.07) is 23.4. The molecule has 0 aliphatic heterocycles. The van der Waals surface area contributed by atoms with E-state index < -0.39 is 0 Å². The Bertz CT molecular complexity index is 870. The molecule has 2 N–H and O–H groups in total. The third kappa shape index (κ3) is 4.32. The maximum atomic E-state index is 12.3. The molecule has 0 radical (unpaired) electrons. The minimum absolute atomic E-state index is 0.209. The van der Waals surface area contributed by atoms with E-state index in [1.54, 1.807) is 24.3 Å². The normalized spacial score (nSPS) is 10.1. The quantitative estimate of drug-likeness (QED) is 0.740. The lowest BCUT2D eigenvalue weighted by atomic mass is 10.1. The molecule has 25 heavy (non-hydrogen) atoms. The summed E-state index contributed by atoms with van der Waals surface area (Å²) in [6.07, 6.45) is 0. The van der Waals surface area contributed by atoms with Crippen LogP contribution in [0, 0.1) is 6.92 Å². The summed E-state index contributed by atoms with van der Waals surface area (Å²) in [6.45, 7) is 1.99. The number of carbonyl (C=O) groups excluding carboxylic acids is 2. The van der Waals surface area contributed by atoms with Crippen molar-refractivity contribution in [1.29, 1.82) is 0 Å². The number of amides is 2. The molecule has 3 rings (SSSR count). The summed E-state index contributed by atoms with van der Waals surface area (Å²) in [5.41, 5.74) is 3.59. The summed E-state index contributed by atoms with van der Waals surface area (Å²) < 4.78 is 0. The lowest BCUT2D eigenvalue weighted by Gasteiger charge is -2.07. The number of rotatable bonds is 4. The number of hydrogen-bond acceptors (Lipinski definition) is 2. The van der Waals surface area contributed by atoms with Gasteiger partial charge in [-0.05, 0) is 55.5 Å². The van der Waals surface area contributed by atoms with Crippen molar-refractivity contribution in [3.63, 3.8) is 0 Å². The molecule has 0 atom stereocenters. The molecule has 4 nitrogen and oxygen atoms in total. The molecule has 4 heteroatoms. The minimum Gasteiger partial charge on any atom is -0.322 e. The topological polar surface area (TPSA) is 58.2 Å². The van der Waals surface area contributed by atoms with Gasteiger partial charge in [0.05, 0.1) is 0 Å². The Labute approximate surface area is 146 Å². The zero-order chi connectivity index (χ0) is 17.6. The molecule has 0 saturated heterocycles. The number of anilines is 2. The van der Waals surface area contributed by atoms with E-state index in [1.807, 2.05) is 61.5 Å². The second kappa shape index (κ2) is 7.45. The Morgan fingerprint density at radius 1 is 0.600 bits per heavy atom. The van der Waals surface area contributed by atoms with Crippen LogP contribution in [-0.4, -0.2) is 11.8 Å². The van der Waals surface area contributed by atoms with Crippen LogP contribution in [0.15, 0.2) is 78.9 Å². The van der Waals surface area contributed by atoms with Gasteiger partial charge in [-0.3, -0.25) is 9.59 Å². The Morgan fingerprint density at radius 2 is 1.04 bits per heavy atom. The number of hydrogen-bond donors (Lipinski definition) is 2. The summed E-state index contributed by atoms with van der Waals surface area (Å²) in [7, 11) is 0. The smallest absolute Gasteiger partial charge is 0.255 e. The van der Waals surface area contributed by atoms with E-state index in [-0.39, 0.29) is 11.8 Å². The average Bonchev–Trinajstić information content (AvgIpc) is 2.64. The van der Waals surface area contributed by atoms with Crippen LogP contribution in [0.1, 0.15) is 26.3 Å². The van der Waals surface area contributed by atoms with E-state index in [0.717, 1.165) is 16.9 Å². The molecular weight excluding hydrogens is 312 g/mol. The van der Waals surface area contributed by atoms with Crippen molar-refractivity contribution in [3.8, 4) is 0 Å². The Kier molecular flexibility index (Phi) is 4.90. The van der Waals surface area contributed by atoms with Crippen molar-refractivity contribution in [3.05, 3.63) is 95.6 Å². The van der Waals surface area contributed by atoms with Gasteiger partial charge in [-0.2, -0.15) is 0 Å². The molecule has 0 unspecified atom stereocenters. The first-order chi connectivity index (χ1) is 12.1. The molecule has 3 aromatic rings. The highest BCUT2D eigenvalue weighted by atomic mass is 16.2. The van der Waals surface area contributed by atoms with E-state index in [2.05, 4.69) is 10.6 Å². The molecule has 124 valence electrons. The van der Waals surface area contributed by atoms with Gasteiger partial charge in [-0.25, -0.2) is 0 Å². The summed E-state index contributed by atoms with van der Waals surface area (Å²) in [4.78, 5) is 24.5. The molecule has 0 fully saturated rings. The Morgan fingerprint density at radius 3 is 1.52 bits per heavy atom. The van der Waals surface area contributed by atoms with Crippen LogP contribution in [0.2, 0.25) is 0 Å². The lowest BCUT2D eigenvalue weighted by Crippen LogP contribution is -2.14. The zero-order valence-electron chi connectivity index (χ0n) is 13.8. The van der Waals surface area contributed by atoms with Gasteiger partial charge in [0.25, 0.3) is 11.8 Å². The molecule has 0 aromatic heterocycles. The molecule has 0 aliphatic rings. The van der Waals surface area contributed by atoms with Crippen LogP contribution in [0.3, 0.4) is 0 Å². The highest BCUT2D eigenvalue weighted by Crippen LogP contribution is 2.13. The molecule has 0 aliphatic carbocycles. The van der Waals surface area contributed by atoms with Gasteiger partial charge < -0.3 is 10.6 Å². The lowest BCUT2D eigenvalue weighted by molar-refractivity contribution is 0.101. The van der Waals surface area contributed by atoms with Crippen molar-refractivity contribution in [1.82, 2.24) is 0 Å². The predicted octanol–water partition coefficient (Wildman–Crippen LogP) is 4.50. The molecule has 3 aromatic carbocycles. The van der Waals surface area contributed by atoms with Crippen LogP contribution in [0.4, 0.5) is 11.4 Å². The van der Waals surface area contributed by atoms with Gasteiger partial charge in [0.2, 0.25) is 0 Å². The fourth-order valence-electron chi connectivity index (χ4n) is 2.34. The Hall–Kier alpha value is -3.40. The SMILES string of the molecule is Cc1ccc(NC(=O)c2ccc(C(=O)Nc3ccccc3)cc2)cc1. The first-order valence-electron chi connectivity index (χ1n) is 7.96. The predicted molar refractivity (Wildman–Crippen MR) is 100.0 cm³/mol. The first kappa shape index (κ1) is 16.5. The van der Waals surface area contributed by atoms with Crippen LogP contribution < -0.4 is 10.6 Å². The van der Waals surface area contributed by atoms with E-state index >= 15 is 0 Å². The van der Waals surface area contributed by atoms with Crippen molar-refractivity contribution in [2.75, 3.05) is 10.6 Å². The maximum absolute atomic E-state index is 12.3. The molecule has 0 saturated carbocycles. The number of aryl methyl sites for hydroxylation is 1. The highest BCUT2D eigenvalue weighted by molar-refractivity contribution is 6.07. The maximum Gasteiger partial charge on any atom is 0.255 e. The van der Waals surface area contributed by atoms with Crippen LogP contribution in [0.25, 0.3) is 0 Å². The van der Waals surface area contributed by atoms with Crippen LogP contribution in [-0.2, 0) is 0 Å². The van der Waals surface area contributed by atoms with E-state index in [9.17, 15) is 9.59 Å². The first-order valence-corrected chi connectivity index (χ1v) is 7.96. The summed E-state index contributed by atoms with van der Waals surface area (Å²) in [5.74, 6) is -0.421. The van der Waals surface area contributed by atoms with Gasteiger partial charge in [-0.15, -0.1) is 0 Å². The fourth-order valence-corrected chi connectivity index (χ4v) is 2.34. The number of carbonyl (C=O) groups is 2. The monoisotopic (exact) mass is 330 g/mol. The minimum atomic E-state index is -0.211. The molecule has 0 heterocycles. The highest BCUT2D eigenvalue weighted by Gasteiger charge is 2.09. The van der Waals surface area contributed by atoms with E-state index in [1.165, 1.54) is 0 Å². The molecule has 0 bridgehead atoms. The summed E-state index contributed by atoms with van der Waals surface area (Å²) >= 11 is 0. The second-order valence-electron chi connectivity index (χ2n) is 5.72. The van der Waals surface area contributed by atoms with Crippen LogP contribution >= 0.6 is 0 Å². The van der Waals surface area contributed by atoms with Gasteiger partial charge >= 0.3 is 0 Å².